The molecule has 0 aliphatic rings. The van der Waals surface area contributed by atoms with E-state index in [4.69, 9.17) is 0 Å². The van der Waals surface area contributed by atoms with Gasteiger partial charge < -0.3 is 10.6 Å². The topological polar surface area (TPSA) is 37.0 Å². The van der Waals surface area contributed by atoms with Gasteiger partial charge in [-0.25, -0.2) is 13.8 Å². The first-order chi connectivity index (χ1) is 8.60. The van der Waals surface area contributed by atoms with Crippen molar-refractivity contribution >= 4 is 33.3 Å². The highest BCUT2D eigenvalue weighted by Gasteiger charge is 2.11. The highest BCUT2D eigenvalue weighted by Crippen LogP contribution is 2.23. The third-order valence-electron chi connectivity index (χ3n) is 2.25. The second-order valence-electron chi connectivity index (χ2n) is 3.53. The summed E-state index contributed by atoms with van der Waals surface area (Å²) in [6.45, 7) is 0. The van der Waals surface area contributed by atoms with E-state index < -0.39 is 11.6 Å². The van der Waals surface area contributed by atoms with Crippen molar-refractivity contribution in [3.05, 3.63) is 46.4 Å². The molecule has 94 valence electrons. The highest BCUT2D eigenvalue weighted by atomic mass is 79.9. The molecule has 6 heteroatoms. The molecule has 2 rings (SSSR count). The van der Waals surface area contributed by atoms with E-state index in [1.54, 1.807) is 18.2 Å². The van der Waals surface area contributed by atoms with Crippen molar-refractivity contribution in [2.45, 2.75) is 0 Å². The van der Waals surface area contributed by atoms with Crippen LogP contribution in [0.15, 0.2) is 34.8 Å². The third-order valence-corrected chi connectivity index (χ3v) is 2.75. The van der Waals surface area contributed by atoms with Gasteiger partial charge in [-0.3, -0.25) is 0 Å². The maximum absolute atomic E-state index is 13.5. The highest BCUT2D eigenvalue weighted by molar-refractivity contribution is 9.10. The molecule has 1 heterocycles. The van der Waals surface area contributed by atoms with E-state index in [1.807, 2.05) is 6.07 Å². The first-order valence-corrected chi connectivity index (χ1v) is 5.96. The Morgan fingerprint density at radius 3 is 2.50 bits per heavy atom. The molecule has 0 saturated carbocycles. The lowest BCUT2D eigenvalue weighted by molar-refractivity contribution is 0.580. The summed E-state index contributed by atoms with van der Waals surface area (Å²) < 4.78 is 27.6. The largest absolute Gasteiger partial charge is 0.371 e. The van der Waals surface area contributed by atoms with Crippen LogP contribution in [0.3, 0.4) is 0 Å². The number of benzene rings is 1. The molecule has 0 atom stereocenters. The second kappa shape index (κ2) is 5.30. The van der Waals surface area contributed by atoms with Crippen LogP contribution in [0.25, 0.3) is 0 Å². The summed E-state index contributed by atoms with van der Waals surface area (Å²) >= 11 is 3.31. The Bertz CT molecular complexity index is 575. The minimum absolute atomic E-state index is 0.00565. The van der Waals surface area contributed by atoms with Gasteiger partial charge in [0.05, 0.1) is 0 Å². The van der Waals surface area contributed by atoms with Gasteiger partial charge in [-0.2, -0.15) is 0 Å². The van der Waals surface area contributed by atoms with E-state index in [-0.39, 0.29) is 11.6 Å². The summed E-state index contributed by atoms with van der Waals surface area (Å²) in [5, 5.41) is 5.35. The molecular formula is C12H10BrF2N3. The molecule has 0 saturated heterocycles. The molecule has 2 aromatic rings. The van der Waals surface area contributed by atoms with E-state index in [9.17, 15) is 8.78 Å². The number of hydrogen-bond acceptors (Lipinski definition) is 3. The summed E-state index contributed by atoms with van der Waals surface area (Å²) in [6, 6.07) is 7.96. The summed E-state index contributed by atoms with van der Waals surface area (Å²) in [4.78, 5) is 3.83. The Morgan fingerprint density at radius 1 is 1.11 bits per heavy atom. The average Bonchev–Trinajstić information content (AvgIpc) is 2.33. The molecule has 1 aromatic carbocycles. The fourth-order valence-corrected chi connectivity index (χ4v) is 1.83. The van der Waals surface area contributed by atoms with Gasteiger partial charge in [-0.05, 0) is 18.2 Å². The number of halogens is 3. The predicted octanol–water partition coefficient (Wildman–Crippen LogP) is 3.91. The van der Waals surface area contributed by atoms with E-state index in [1.165, 1.54) is 7.05 Å². The monoisotopic (exact) mass is 313 g/mol. The minimum atomic E-state index is -0.744. The standard InChI is InChI=1S/C12H10BrF2N3/c1-16-11-9(14)6-10(15)12(18-11)17-8-4-2-3-7(13)5-8/h2-6H,1H3,(H2,16,17,18). The molecule has 0 aliphatic carbocycles. The van der Waals surface area contributed by atoms with Gasteiger partial charge in [0, 0.05) is 23.3 Å². The number of hydrogen-bond donors (Lipinski definition) is 2. The van der Waals surface area contributed by atoms with E-state index in [0.29, 0.717) is 5.69 Å². The summed E-state index contributed by atoms with van der Waals surface area (Å²) in [7, 11) is 1.52. The Balaban J connectivity index is 2.34. The Hall–Kier alpha value is -1.69. The SMILES string of the molecule is CNc1nc(Nc2cccc(Br)c2)c(F)cc1F. The predicted molar refractivity (Wildman–Crippen MR) is 71.1 cm³/mol. The third kappa shape index (κ3) is 2.76. The Kier molecular flexibility index (Phi) is 3.76. The van der Waals surface area contributed by atoms with Crippen LogP contribution in [0.4, 0.5) is 26.1 Å². The average molecular weight is 314 g/mol. The fourth-order valence-electron chi connectivity index (χ4n) is 1.43. The molecule has 0 amide bonds. The van der Waals surface area contributed by atoms with Crippen molar-refractivity contribution in [2.75, 3.05) is 17.7 Å². The van der Waals surface area contributed by atoms with Gasteiger partial charge in [0.25, 0.3) is 0 Å². The van der Waals surface area contributed by atoms with Gasteiger partial charge in [-0.15, -0.1) is 0 Å². The van der Waals surface area contributed by atoms with Crippen molar-refractivity contribution in [3.63, 3.8) is 0 Å². The molecular weight excluding hydrogens is 304 g/mol. The lowest BCUT2D eigenvalue weighted by Crippen LogP contribution is -2.03. The molecule has 0 fully saturated rings. The zero-order chi connectivity index (χ0) is 13.1. The lowest BCUT2D eigenvalue weighted by atomic mass is 10.3. The summed E-state index contributed by atoms with van der Waals surface area (Å²) in [5.74, 6) is -1.51. The molecule has 18 heavy (non-hydrogen) atoms. The molecule has 0 bridgehead atoms. The molecule has 1 aromatic heterocycles. The summed E-state index contributed by atoms with van der Waals surface area (Å²) in [5.41, 5.74) is 0.657. The van der Waals surface area contributed by atoms with Crippen molar-refractivity contribution in [2.24, 2.45) is 0 Å². The number of rotatable bonds is 3. The van der Waals surface area contributed by atoms with E-state index >= 15 is 0 Å². The van der Waals surface area contributed by atoms with Crippen LogP contribution in [0.1, 0.15) is 0 Å². The first kappa shape index (κ1) is 12.8. The smallest absolute Gasteiger partial charge is 0.169 e. The van der Waals surface area contributed by atoms with Gasteiger partial charge in [0.2, 0.25) is 0 Å². The maximum atomic E-state index is 13.5. The molecule has 0 radical (unpaired) electrons. The fraction of sp³-hybridized carbons (Fsp3) is 0.0833. The van der Waals surface area contributed by atoms with Gasteiger partial charge >= 0.3 is 0 Å². The number of pyridine rings is 1. The van der Waals surface area contributed by atoms with E-state index in [0.717, 1.165) is 10.5 Å². The summed E-state index contributed by atoms with van der Waals surface area (Å²) in [6.07, 6.45) is 0. The molecule has 0 unspecified atom stereocenters. The molecule has 0 aliphatic heterocycles. The van der Waals surface area contributed by atoms with Crippen LogP contribution < -0.4 is 10.6 Å². The van der Waals surface area contributed by atoms with Gasteiger partial charge in [0.15, 0.2) is 23.3 Å². The van der Waals surface area contributed by atoms with Crippen LogP contribution in [-0.4, -0.2) is 12.0 Å². The maximum Gasteiger partial charge on any atom is 0.169 e. The van der Waals surface area contributed by atoms with Crippen molar-refractivity contribution in [1.82, 2.24) is 4.98 Å². The van der Waals surface area contributed by atoms with E-state index in [2.05, 4.69) is 31.5 Å². The van der Waals surface area contributed by atoms with Crippen LogP contribution in [0, 0.1) is 11.6 Å². The van der Waals surface area contributed by atoms with Crippen molar-refractivity contribution < 1.29 is 8.78 Å². The normalized spacial score (nSPS) is 10.2. The molecule has 2 N–H and O–H groups in total. The molecule has 0 spiro atoms. The van der Waals surface area contributed by atoms with Gasteiger partial charge in [-0.1, -0.05) is 22.0 Å². The number of anilines is 3. The van der Waals surface area contributed by atoms with Crippen LogP contribution in [0.2, 0.25) is 0 Å². The van der Waals surface area contributed by atoms with Gasteiger partial charge in [0.1, 0.15) is 0 Å². The lowest BCUT2D eigenvalue weighted by Gasteiger charge is -2.09. The Morgan fingerprint density at radius 2 is 1.83 bits per heavy atom. The quantitative estimate of drug-likeness (QED) is 0.902. The van der Waals surface area contributed by atoms with Crippen LogP contribution >= 0.6 is 15.9 Å². The zero-order valence-corrected chi connectivity index (χ0v) is 11.1. The second-order valence-corrected chi connectivity index (χ2v) is 4.45. The first-order valence-electron chi connectivity index (χ1n) is 5.16. The zero-order valence-electron chi connectivity index (χ0n) is 9.47. The van der Waals surface area contributed by atoms with Crippen LogP contribution in [0.5, 0.6) is 0 Å². The van der Waals surface area contributed by atoms with Crippen LogP contribution in [-0.2, 0) is 0 Å². The number of nitrogens with zero attached hydrogens (tertiary/aromatic N) is 1. The van der Waals surface area contributed by atoms with Crippen molar-refractivity contribution in [1.29, 1.82) is 0 Å². The number of nitrogens with one attached hydrogen (secondary N) is 2. The molecule has 3 nitrogen and oxygen atoms in total. The number of aromatic nitrogens is 1. The minimum Gasteiger partial charge on any atom is -0.371 e. The van der Waals surface area contributed by atoms with Crippen molar-refractivity contribution in [3.8, 4) is 0 Å². The Labute approximate surface area is 111 Å².